The van der Waals surface area contributed by atoms with Crippen LogP contribution in [0.25, 0.3) is 83.2 Å². The van der Waals surface area contributed by atoms with Crippen LogP contribution in [0.15, 0.2) is 182 Å². The zero-order chi connectivity index (χ0) is 42.8. The van der Waals surface area contributed by atoms with Gasteiger partial charge in [-0.25, -0.2) is 4.98 Å². The molecule has 0 N–H and O–H groups in total. The molecule has 11 aromatic rings. The van der Waals surface area contributed by atoms with Crippen molar-refractivity contribution in [3.05, 3.63) is 216 Å². The average Bonchev–Trinajstić information content (AvgIpc) is 4.02. The van der Waals surface area contributed by atoms with E-state index < -0.39 is 0 Å². The van der Waals surface area contributed by atoms with E-state index in [1.54, 1.807) is 0 Å². The molecule has 306 valence electrons. The van der Waals surface area contributed by atoms with Crippen LogP contribution >= 0.6 is 0 Å². The number of nitrogens with zero attached hydrogens (tertiary/aromatic N) is 4. The Balaban J connectivity index is 0.939. The SMILES string of the molecule is CCC(C)c1ccc(-n2c3ccccc3c3cc(-c4cccc(-n5c6ccccc6c6cc(Cc7cc(C)c(-n8ccnc8-c8ccc(C)cc8)c(C)c7)ccc65)c4)ccc32)cc1. The van der Waals surface area contributed by atoms with E-state index in [0.717, 1.165) is 29.9 Å². The second-order valence-electron chi connectivity index (χ2n) is 17.5. The lowest BCUT2D eigenvalue weighted by molar-refractivity contribution is 0.733. The first-order chi connectivity index (χ1) is 30.8. The quantitative estimate of drug-likeness (QED) is 0.143. The van der Waals surface area contributed by atoms with Crippen LogP contribution in [0, 0.1) is 20.8 Å². The Morgan fingerprint density at radius 3 is 1.79 bits per heavy atom. The minimum Gasteiger partial charge on any atom is -0.309 e. The number of hydrogen-bond acceptors (Lipinski definition) is 1. The van der Waals surface area contributed by atoms with Crippen LogP contribution < -0.4 is 0 Å². The lowest BCUT2D eigenvalue weighted by Crippen LogP contribution is -2.03. The highest BCUT2D eigenvalue weighted by atomic mass is 15.1. The van der Waals surface area contributed by atoms with Crippen molar-refractivity contribution in [2.75, 3.05) is 0 Å². The molecule has 63 heavy (non-hydrogen) atoms. The Morgan fingerprint density at radius 1 is 0.492 bits per heavy atom. The fourth-order valence-electron chi connectivity index (χ4n) is 10.0. The molecule has 4 nitrogen and oxygen atoms in total. The number of aromatic nitrogens is 4. The maximum absolute atomic E-state index is 4.76. The fraction of sp³-hybridized carbons (Fsp3) is 0.136. The van der Waals surface area contributed by atoms with Crippen LogP contribution in [0.5, 0.6) is 0 Å². The third kappa shape index (κ3) is 6.65. The summed E-state index contributed by atoms with van der Waals surface area (Å²) in [5, 5.41) is 5.06. The van der Waals surface area contributed by atoms with E-state index >= 15 is 0 Å². The highest BCUT2D eigenvalue weighted by Gasteiger charge is 2.18. The van der Waals surface area contributed by atoms with Crippen molar-refractivity contribution < 1.29 is 0 Å². The Labute approximate surface area is 369 Å². The van der Waals surface area contributed by atoms with Crippen molar-refractivity contribution in [1.82, 2.24) is 18.7 Å². The largest absolute Gasteiger partial charge is 0.309 e. The standard InChI is InChI=1S/C59H50N4/c1-6-39(3)44-23-26-48(27-24-44)62-54-16-9-8-15-51(54)53-37-47(25-29-57(53)62)46-12-11-13-49(36-46)63-55-17-10-7-14-50(55)52-35-42(20-28-56(52)63)34-43-32-40(4)58(41(5)33-43)61-31-30-60-59(61)45-21-18-38(2)19-22-45/h7-33,35-37,39H,6,34H2,1-5H3. The molecule has 11 rings (SSSR count). The van der Waals surface area contributed by atoms with Gasteiger partial charge >= 0.3 is 0 Å². The molecule has 0 saturated heterocycles. The summed E-state index contributed by atoms with van der Waals surface area (Å²) in [6, 6.07) is 63.2. The van der Waals surface area contributed by atoms with Crippen molar-refractivity contribution in [2.45, 2.75) is 53.4 Å². The molecular formula is C59H50N4. The molecule has 0 fully saturated rings. The Kier molecular flexibility index (Phi) is 9.46. The lowest BCUT2D eigenvalue weighted by Gasteiger charge is -2.16. The molecular weight excluding hydrogens is 765 g/mol. The molecule has 0 aliphatic carbocycles. The molecule has 0 bridgehead atoms. The summed E-state index contributed by atoms with van der Waals surface area (Å²) in [5.41, 5.74) is 19.7. The average molecular weight is 815 g/mol. The summed E-state index contributed by atoms with van der Waals surface area (Å²) in [6.45, 7) is 11.1. The molecule has 8 aromatic carbocycles. The van der Waals surface area contributed by atoms with Gasteiger partial charge in [-0.1, -0.05) is 129 Å². The molecule has 0 amide bonds. The van der Waals surface area contributed by atoms with Gasteiger partial charge in [-0.3, -0.25) is 4.57 Å². The van der Waals surface area contributed by atoms with Gasteiger partial charge in [0.1, 0.15) is 5.82 Å². The van der Waals surface area contributed by atoms with Crippen molar-refractivity contribution in [3.8, 4) is 39.6 Å². The number of imidazole rings is 1. The molecule has 1 atom stereocenters. The molecule has 4 heteroatoms. The van der Waals surface area contributed by atoms with Gasteiger partial charge in [0.15, 0.2) is 0 Å². The first kappa shape index (κ1) is 38.5. The van der Waals surface area contributed by atoms with E-state index in [1.165, 1.54) is 99.5 Å². The topological polar surface area (TPSA) is 27.7 Å². The van der Waals surface area contributed by atoms with Crippen molar-refractivity contribution in [3.63, 3.8) is 0 Å². The number of para-hydroxylation sites is 2. The fourth-order valence-corrected chi connectivity index (χ4v) is 10.0. The van der Waals surface area contributed by atoms with Crippen molar-refractivity contribution in [1.29, 1.82) is 0 Å². The predicted octanol–water partition coefficient (Wildman–Crippen LogP) is 15.4. The Morgan fingerprint density at radius 2 is 1.10 bits per heavy atom. The van der Waals surface area contributed by atoms with E-state index in [-0.39, 0.29) is 0 Å². The van der Waals surface area contributed by atoms with Crippen LogP contribution in [-0.4, -0.2) is 18.7 Å². The van der Waals surface area contributed by atoms with Gasteiger partial charge in [-0.05, 0) is 139 Å². The molecule has 0 radical (unpaired) electrons. The smallest absolute Gasteiger partial charge is 0.144 e. The van der Waals surface area contributed by atoms with Crippen molar-refractivity contribution in [2.24, 2.45) is 0 Å². The highest BCUT2D eigenvalue weighted by molar-refractivity contribution is 6.11. The lowest BCUT2D eigenvalue weighted by atomic mass is 9.97. The summed E-state index contributed by atoms with van der Waals surface area (Å²) in [7, 11) is 0. The van der Waals surface area contributed by atoms with Gasteiger partial charge in [0.2, 0.25) is 0 Å². The van der Waals surface area contributed by atoms with Gasteiger partial charge < -0.3 is 9.13 Å². The number of benzene rings is 8. The number of rotatable bonds is 9. The summed E-state index contributed by atoms with van der Waals surface area (Å²) < 4.78 is 7.09. The monoisotopic (exact) mass is 814 g/mol. The number of aryl methyl sites for hydroxylation is 3. The molecule has 1 unspecified atom stereocenters. The minimum absolute atomic E-state index is 0.548. The maximum Gasteiger partial charge on any atom is 0.144 e. The second kappa shape index (κ2) is 15.5. The van der Waals surface area contributed by atoms with Crippen LogP contribution in [0.1, 0.15) is 59.6 Å². The normalized spacial score (nSPS) is 12.3. The summed E-state index contributed by atoms with van der Waals surface area (Å²) in [5.74, 6) is 1.51. The molecule has 0 aliphatic heterocycles. The van der Waals surface area contributed by atoms with E-state index in [9.17, 15) is 0 Å². The van der Waals surface area contributed by atoms with Gasteiger partial charge in [-0.2, -0.15) is 0 Å². The van der Waals surface area contributed by atoms with Gasteiger partial charge in [0, 0.05) is 50.9 Å². The van der Waals surface area contributed by atoms with E-state index in [0.29, 0.717) is 5.92 Å². The van der Waals surface area contributed by atoms with Gasteiger partial charge in [-0.15, -0.1) is 0 Å². The predicted molar refractivity (Wildman–Crippen MR) is 265 cm³/mol. The zero-order valence-electron chi connectivity index (χ0n) is 36.6. The molecule has 0 saturated carbocycles. The molecule has 0 spiro atoms. The Hall–Kier alpha value is -7.43. The highest BCUT2D eigenvalue weighted by Crippen LogP contribution is 2.38. The van der Waals surface area contributed by atoms with E-state index in [4.69, 9.17) is 4.98 Å². The molecule has 3 heterocycles. The zero-order valence-corrected chi connectivity index (χ0v) is 36.6. The third-order valence-corrected chi connectivity index (χ3v) is 13.3. The van der Waals surface area contributed by atoms with Gasteiger partial charge in [0.05, 0.1) is 27.8 Å². The van der Waals surface area contributed by atoms with Crippen LogP contribution in [0.4, 0.5) is 0 Å². The first-order valence-corrected chi connectivity index (χ1v) is 22.3. The summed E-state index contributed by atoms with van der Waals surface area (Å²) >= 11 is 0. The van der Waals surface area contributed by atoms with E-state index in [2.05, 4.69) is 224 Å². The molecule has 3 aromatic heterocycles. The maximum atomic E-state index is 4.76. The Bertz CT molecular complexity index is 3480. The summed E-state index contributed by atoms with van der Waals surface area (Å²) in [4.78, 5) is 4.76. The van der Waals surface area contributed by atoms with E-state index in [1.807, 2.05) is 6.20 Å². The van der Waals surface area contributed by atoms with Crippen LogP contribution in [-0.2, 0) is 6.42 Å². The van der Waals surface area contributed by atoms with Gasteiger partial charge in [0.25, 0.3) is 0 Å². The first-order valence-electron chi connectivity index (χ1n) is 22.3. The minimum atomic E-state index is 0.548. The number of fused-ring (bicyclic) bond motifs is 6. The summed E-state index contributed by atoms with van der Waals surface area (Å²) in [6.07, 6.45) is 5.97. The number of hydrogen-bond donors (Lipinski definition) is 0. The van der Waals surface area contributed by atoms with Crippen molar-refractivity contribution >= 4 is 43.6 Å². The third-order valence-electron chi connectivity index (χ3n) is 13.3. The van der Waals surface area contributed by atoms with Crippen LogP contribution in [0.3, 0.4) is 0 Å². The molecule has 0 aliphatic rings. The second-order valence-corrected chi connectivity index (χ2v) is 17.5. The van der Waals surface area contributed by atoms with Crippen LogP contribution in [0.2, 0.25) is 0 Å².